The second-order valence-corrected chi connectivity index (χ2v) is 6.50. The van der Waals surface area contributed by atoms with Gasteiger partial charge in [0.25, 0.3) is 0 Å². The van der Waals surface area contributed by atoms with Crippen LogP contribution in [0.25, 0.3) is 0 Å². The molecule has 1 amide bonds. The van der Waals surface area contributed by atoms with E-state index in [0.717, 1.165) is 19.4 Å². The zero-order valence-corrected chi connectivity index (χ0v) is 12.8. The quantitative estimate of drug-likeness (QED) is 0.777. The minimum absolute atomic E-state index is 0.0194. The van der Waals surface area contributed by atoms with Crippen molar-refractivity contribution in [1.29, 1.82) is 0 Å². The normalized spacial score (nSPS) is 22.6. The Balaban J connectivity index is 2.55. The highest BCUT2D eigenvalue weighted by Crippen LogP contribution is 2.26. The molecule has 0 aliphatic carbocycles. The highest BCUT2D eigenvalue weighted by Gasteiger charge is 2.30. The van der Waals surface area contributed by atoms with Crippen molar-refractivity contribution in [2.45, 2.75) is 52.5 Å². The van der Waals surface area contributed by atoms with Crippen LogP contribution >= 0.6 is 0 Å². The number of hydrogen-bond acceptors (Lipinski definition) is 3. The lowest BCUT2D eigenvalue weighted by Gasteiger charge is -2.36. The Bertz CT molecular complexity index is 344. The molecule has 0 bridgehead atoms. The third-order valence-electron chi connectivity index (χ3n) is 4.11. The fourth-order valence-corrected chi connectivity index (χ4v) is 2.96. The summed E-state index contributed by atoms with van der Waals surface area (Å²) in [5, 5.41) is 8.88. The largest absolute Gasteiger partial charge is 0.481 e. The van der Waals surface area contributed by atoms with Crippen LogP contribution in [0.3, 0.4) is 0 Å². The molecule has 1 fully saturated rings. The maximum absolute atomic E-state index is 12.3. The molecule has 3 N–H and O–H groups in total. The zero-order chi connectivity index (χ0) is 15.3. The Morgan fingerprint density at radius 2 is 2.00 bits per heavy atom. The van der Waals surface area contributed by atoms with Crippen LogP contribution in [-0.2, 0) is 9.59 Å². The average molecular weight is 284 g/mol. The molecule has 0 spiro atoms. The molecule has 1 aliphatic rings. The number of hydrogen-bond donors (Lipinski definition) is 2. The van der Waals surface area contributed by atoms with Crippen LogP contribution in [0.4, 0.5) is 0 Å². The Hall–Kier alpha value is -1.10. The Morgan fingerprint density at radius 1 is 1.35 bits per heavy atom. The highest BCUT2D eigenvalue weighted by atomic mass is 16.4. The molecular formula is C15H28N2O3. The summed E-state index contributed by atoms with van der Waals surface area (Å²) in [7, 11) is 0. The molecule has 0 aromatic carbocycles. The Kier molecular flexibility index (Phi) is 6.46. The first-order valence-corrected chi connectivity index (χ1v) is 7.57. The summed E-state index contributed by atoms with van der Waals surface area (Å²) < 4.78 is 0. The summed E-state index contributed by atoms with van der Waals surface area (Å²) in [6, 6.07) is -0.427. The second-order valence-electron chi connectivity index (χ2n) is 6.50. The first kappa shape index (κ1) is 17.0. The van der Waals surface area contributed by atoms with E-state index in [1.807, 2.05) is 11.8 Å². The predicted molar refractivity (Wildman–Crippen MR) is 78.2 cm³/mol. The van der Waals surface area contributed by atoms with E-state index in [1.165, 1.54) is 0 Å². The van der Waals surface area contributed by atoms with Crippen LogP contribution in [0.5, 0.6) is 0 Å². The topological polar surface area (TPSA) is 83.6 Å². The number of amides is 1. The molecule has 2 unspecified atom stereocenters. The van der Waals surface area contributed by atoms with Crippen molar-refractivity contribution < 1.29 is 14.7 Å². The van der Waals surface area contributed by atoms with Crippen LogP contribution in [0.1, 0.15) is 46.5 Å². The van der Waals surface area contributed by atoms with E-state index in [-0.39, 0.29) is 24.2 Å². The number of rotatable bonds is 6. The van der Waals surface area contributed by atoms with Crippen molar-refractivity contribution in [3.63, 3.8) is 0 Å². The van der Waals surface area contributed by atoms with Crippen molar-refractivity contribution in [3.8, 4) is 0 Å². The van der Waals surface area contributed by atoms with Crippen LogP contribution in [-0.4, -0.2) is 41.0 Å². The van der Waals surface area contributed by atoms with E-state index in [0.29, 0.717) is 18.9 Å². The standard InChI is InChI=1S/C15H28N2O3/c1-10(2)7-13(16)15(20)17-6-4-5-12(9-17)11(3)8-14(18)19/h10-13H,4-9,16H2,1-3H3,(H,18,19)/t11?,12?,13-/m1/s1. The summed E-state index contributed by atoms with van der Waals surface area (Å²) in [5.74, 6) is 0.0309. The van der Waals surface area contributed by atoms with Crippen molar-refractivity contribution in [3.05, 3.63) is 0 Å². The summed E-state index contributed by atoms with van der Waals surface area (Å²) in [4.78, 5) is 24.9. The van der Waals surface area contributed by atoms with Gasteiger partial charge >= 0.3 is 5.97 Å². The van der Waals surface area contributed by atoms with Gasteiger partial charge < -0.3 is 15.7 Å². The highest BCUT2D eigenvalue weighted by molar-refractivity contribution is 5.81. The van der Waals surface area contributed by atoms with Gasteiger partial charge in [-0.25, -0.2) is 0 Å². The van der Waals surface area contributed by atoms with Gasteiger partial charge in [-0.3, -0.25) is 9.59 Å². The third-order valence-corrected chi connectivity index (χ3v) is 4.11. The summed E-state index contributed by atoms with van der Waals surface area (Å²) in [5.41, 5.74) is 5.97. The van der Waals surface area contributed by atoms with Crippen molar-refractivity contribution in [2.24, 2.45) is 23.5 Å². The molecule has 5 nitrogen and oxygen atoms in total. The number of nitrogens with two attached hydrogens (primary N) is 1. The SMILES string of the molecule is CC(C)C[C@@H](N)C(=O)N1CCCC(C(C)CC(=O)O)C1. The lowest BCUT2D eigenvalue weighted by molar-refractivity contribution is -0.138. The molecular weight excluding hydrogens is 256 g/mol. The summed E-state index contributed by atoms with van der Waals surface area (Å²) in [6.07, 6.45) is 2.81. The molecule has 1 saturated heterocycles. The van der Waals surface area contributed by atoms with Gasteiger partial charge in [0.2, 0.25) is 5.91 Å². The van der Waals surface area contributed by atoms with Crippen LogP contribution in [0.15, 0.2) is 0 Å². The van der Waals surface area contributed by atoms with Crippen LogP contribution < -0.4 is 5.73 Å². The fourth-order valence-electron chi connectivity index (χ4n) is 2.96. The lowest BCUT2D eigenvalue weighted by Crippen LogP contribution is -2.49. The number of carboxylic acids is 1. The van der Waals surface area contributed by atoms with Gasteiger partial charge in [-0.1, -0.05) is 20.8 Å². The first-order chi connectivity index (χ1) is 9.31. The number of aliphatic carboxylic acids is 1. The molecule has 0 saturated carbocycles. The fraction of sp³-hybridized carbons (Fsp3) is 0.867. The van der Waals surface area contributed by atoms with Crippen LogP contribution in [0, 0.1) is 17.8 Å². The first-order valence-electron chi connectivity index (χ1n) is 7.57. The maximum Gasteiger partial charge on any atom is 0.303 e. The van der Waals surface area contributed by atoms with E-state index >= 15 is 0 Å². The molecule has 116 valence electrons. The van der Waals surface area contributed by atoms with E-state index in [9.17, 15) is 9.59 Å². The lowest BCUT2D eigenvalue weighted by atomic mass is 9.84. The van der Waals surface area contributed by atoms with Gasteiger partial charge in [0.1, 0.15) is 0 Å². The minimum Gasteiger partial charge on any atom is -0.481 e. The van der Waals surface area contributed by atoms with E-state index < -0.39 is 12.0 Å². The molecule has 3 atom stereocenters. The molecule has 5 heteroatoms. The molecule has 1 heterocycles. The molecule has 0 aromatic rings. The molecule has 0 radical (unpaired) electrons. The molecule has 1 aliphatic heterocycles. The molecule has 1 rings (SSSR count). The number of carboxylic acid groups (broad SMARTS) is 1. The van der Waals surface area contributed by atoms with Gasteiger partial charge in [-0.15, -0.1) is 0 Å². The average Bonchev–Trinajstić information content (AvgIpc) is 2.36. The van der Waals surface area contributed by atoms with Crippen molar-refractivity contribution >= 4 is 11.9 Å². The number of piperidine rings is 1. The summed E-state index contributed by atoms with van der Waals surface area (Å²) >= 11 is 0. The Morgan fingerprint density at radius 3 is 2.55 bits per heavy atom. The number of carbonyl (C=O) groups excluding carboxylic acids is 1. The van der Waals surface area contributed by atoms with Gasteiger partial charge in [-0.2, -0.15) is 0 Å². The smallest absolute Gasteiger partial charge is 0.303 e. The Labute approximate surface area is 121 Å². The predicted octanol–water partition coefficient (Wildman–Crippen LogP) is 1.71. The number of likely N-dealkylation sites (tertiary alicyclic amines) is 1. The van der Waals surface area contributed by atoms with Gasteiger partial charge in [-0.05, 0) is 37.0 Å². The zero-order valence-electron chi connectivity index (χ0n) is 12.8. The minimum atomic E-state index is -0.766. The van der Waals surface area contributed by atoms with E-state index in [1.54, 1.807) is 0 Å². The van der Waals surface area contributed by atoms with Crippen LogP contribution in [0.2, 0.25) is 0 Å². The van der Waals surface area contributed by atoms with Crippen molar-refractivity contribution in [1.82, 2.24) is 4.90 Å². The maximum atomic E-state index is 12.3. The molecule has 0 aromatic heterocycles. The van der Waals surface area contributed by atoms with Crippen molar-refractivity contribution in [2.75, 3.05) is 13.1 Å². The molecule has 20 heavy (non-hydrogen) atoms. The number of nitrogens with zero attached hydrogens (tertiary/aromatic N) is 1. The third kappa shape index (κ3) is 5.12. The monoisotopic (exact) mass is 284 g/mol. The number of carbonyl (C=O) groups is 2. The van der Waals surface area contributed by atoms with Gasteiger partial charge in [0, 0.05) is 19.5 Å². The van der Waals surface area contributed by atoms with E-state index in [2.05, 4.69) is 13.8 Å². The summed E-state index contributed by atoms with van der Waals surface area (Å²) in [6.45, 7) is 7.48. The van der Waals surface area contributed by atoms with E-state index in [4.69, 9.17) is 10.8 Å². The van der Waals surface area contributed by atoms with Gasteiger partial charge in [0.15, 0.2) is 0 Å². The second kappa shape index (κ2) is 7.62. The van der Waals surface area contributed by atoms with Gasteiger partial charge in [0.05, 0.1) is 6.04 Å².